The molecule has 0 aliphatic rings. The van der Waals surface area contributed by atoms with E-state index in [4.69, 9.17) is 29.0 Å². The summed E-state index contributed by atoms with van der Waals surface area (Å²) in [5.41, 5.74) is 6.03. The highest BCUT2D eigenvalue weighted by Crippen LogP contribution is 2.30. The summed E-state index contributed by atoms with van der Waals surface area (Å²) < 4.78 is 0. The van der Waals surface area contributed by atoms with Gasteiger partial charge < -0.3 is 0 Å². The van der Waals surface area contributed by atoms with Crippen LogP contribution in [0.25, 0.3) is 0 Å². The van der Waals surface area contributed by atoms with E-state index in [0.717, 1.165) is 11.1 Å². The Kier molecular flexibility index (Phi) is 5.06. The normalized spacial score (nSPS) is 12.7. The SMILES string of the molecule is CC(C)c1ccc(C(NN)c2cc(Cl)ccc2Cl)cc1. The number of rotatable bonds is 4. The third-order valence-electron chi connectivity index (χ3n) is 3.37. The van der Waals surface area contributed by atoms with E-state index in [1.54, 1.807) is 12.1 Å². The number of nitrogens with two attached hydrogens (primary N) is 1. The van der Waals surface area contributed by atoms with Gasteiger partial charge in [0, 0.05) is 10.0 Å². The molecule has 0 radical (unpaired) electrons. The molecule has 2 nitrogen and oxygen atoms in total. The molecule has 0 fully saturated rings. The highest BCUT2D eigenvalue weighted by atomic mass is 35.5. The lowest BCUT2D eigenvalue weighted by molar-refractivity contribution is 0.636. The number of hydrogen-bond acceptors (Lipinski definition) is 2. The molecule has 1 unspecified atom stereocenters. The van der Waals surface area contributed by atoms with Gasteiger partial charge >= 0.3 is 0 Å². The Bertz CT molecular complexity index is 580. The van der Waals surface area contributed by atoms with Crippen molar-refractivity contribution in [3.05, 3.63) is 69.2 Å². The van der Waals surface area contributed by atoms with Gasteiger partial charge in [-0.3, -0.25) is 5.84 Å². The zero-order valence-electron chi connectivity index (χ0n) is 11.5. The molecule has 0 saturated heterocycles. The van der Waals surface area contributed by atoms with Crippen LogP contribution in [0.1, 0.15) is 42.5 Å². The molecule has 0 aliphatic heterocycles. The molecular formula is C16H18Cl2N2. The second kappa shape index (κ2) is 6.59. The monoisotopic (exact) mass is 308 g/mol. The Morgan fingerprint density at radius 1 is 0.950 bits per heavy atom. The number of nitrogens with one attached hydrogen (secondary N) is 1. The predicted octanol–water partition coefficient (Wildman–Crippen LogP) is 4.67. The summed E-state index contributed by atoms with van der Waals surface area (Å²) in [6.45, 7) is 4.34. The summed E-state index contributed by atoms with van der Waals surface area (Å²) >= 11 is 12.3. The molecule has 0 heterocycles. The van der Waals surface area contributed by atoms with Crippen molar-refractivity contribution in [2.24, 2.45) is 5.84 Å². The molecule has 0 spiro atoms. The standard InChI is InChI=1S/C16H18Cl2N2/c1-10(2)11-3-5-12(6-4-11)16(20-19)14-9-13(17)7-8-15(14)18/h3-10,16,20H,19H2,1-2H3. The zero-order chi connectivity index (χ0) is 14.7. The zero-order valence-corrected chi connectivity index (χ0v) is 13.0. The van der Waals surface area contributed by atoms with E-state index in [-0.39, 0.29) is 6.04 Å². The molecule has 106 valence electrons. The average Bonchev–Trinajstić information content (AvgIpc) is 2.44. The Morgan fingerprint density at radius 3 is 2.10 bits per heavy atom. The van der Waals surface area contributed by atoms with E-state index in [1.807, 2.05) is 6.07 Å². The molecule has 2 aromatic carbocycles. The quantitative estimate of drug-likeness (QED) is 0.636. The highest BCUT2D eigenvalue weighted by molar-refractivity contribution is 6.33. The minimum atomic E-state index is -0.178. The van der Waals surface area contributed by atoms with Gasteiger partial charge in [0.2, 0.25) is 0 Å². The lowest BCUT2D eigenvalue weighted by Gasteiger charge is -2.19. The van der Waals surface area contributed by atoms with Crippen LogP contribution in [-0.4, -0.2) is 0 Å². The predicted molar refractivity (Wildman–Crippen MR) is 86.2 cm³/mol. The fourth-order valence-electron chi connectivity index (χ4n) is 2.17. The number of hydrogen-bond donors (Lipinski definition) is 2. The summed E-state index contributed by atoms with van der Waals surface area (Å²) in [6.07, 6.45) is 0. The first-order chi connectivity index (χ1) is 9.52. The van der Waals surface area contributed by atoms with Crippen molar-refractivity contribution in [1.29, 1.82) is 0 Å². The van der Waals surface area contributed by atoms with Crippen LogP contribution in [0, 0.1) is 0 Å². The van der Waals surface area contributed by atoms with E-state index >= 15 is 0 Å². The van der Waals surface area contributed by atoms with Crippen LogP contribution < -0.4 is 11.3 Å². The summed E-state index contributed by atoms with van der Waals surface area (Å²) in [7, 11) is 0. The van der Waals surface area contributed by atoms with E-state index in [2.05, 4.69) is 43.5 Å². The third-order valence-corrected chi connectivity index (χ3v) is 3.95. The number of hydrazine groups is 1. The first-order valence-electron chi connectivity index (χ1n) is 6.54. The lowest BCUT2D eigenvalue weighted by Crippen LogP contribution is -2.29. The van der Waals surface area contributed by atoms with Crippen LogP contribution in [0.2, 0.25) is 10.0 Å². The smallest absolute Gasteiger partial charge is 0.0725 e. The van der Waals surface area contributed by atoms with Gasteiger partial charge in [-0.1, -0.05) is 61.3 Å². The van der Waals surface area contributed by atoms with Crippen LogP contribution in [0.4, 0.5) is 0 Å². The van der Waals surface area contributed by atoms with E-state index < -0.39 is 0 Å². The Morgan fingerprint density at radius 2 is 1.55 bits per heavy atom. The summed E-state index contributed by atoms with van der Waals surface area (Å²) in [5, 5.41) is 1.29. The van der Waals surface area contributed by atoms with Crippen LogP contribution in [0.15, 0.2) is 42.5 Å². The van der Waals surface area contributed by atoms with Gasteiger partial charge in [-0.2, -0.15) is 0 Å². The van der Waals surface area contributed by atoms with Crippen LogP contribution in [-0.2, 0) is 0 Å². The van der Waals surface area contributed by atoms with Crippen molar-refractivity contribution >= 4 is 23.2 Å². The molecule has 0 bridgehead atoms. The lowest BCUT2D eigenvalue weighted by atomic mass is 9.95. The van der Waals surface area contributed by atoms with Gasteiger partial charge in [0.15, 0.2) is 0 Å². The van der Waals surface area contributed by atoms with Crippen molar-refractivity contribution in [3.63, 3.8) is 0 Å². The van der Waals surface area contributed by atoms with E-state index in [9.17, 15) is 0 Å². The van der Waals surface area contributed by atoms with Crippen molar-refractivity contribution in [2.45, 2.75) is 25.8 Å². The Labute approximate surface area is 129 Å². The molecule has 3 N–H and O–H groups in total. The molecule has 2 aromatic rings. The molecule has 20 heavy (non-hydrogen) atoms. The van der Waals surface area contributed by atoms with Crippen molar-refractivity contribution in [1.82, 2.24) is 5.43 Å². The summed E-state index contributed by atoms with van der Waals surface area (Å²) in [5.74, 6) is 6.20. The van der Waals surface area contributed by atoms with Crippen molar-refractivity contribution < 1.29 is 0 Å². The molecule has 1 atom stereocenters. The minimum absolute atomic E-state index is 0.178. The fraction of sp³-hybridized carbons (Fsp3) is 0.250. The Hall–Kier alpha value is -1.06. The van der Waals surface area contributed by atoms with E-state index in [0.29, 0.717) is 16.0 Å². The third kappa shape index (κ3) is 3.33. The maximum absolute atomic E-state index is 6.25. The molecule has 0 aromatic heterocycles. The highest BCUT2D eigenvalue weighted by Gasteiger charge is 2.16. The van der Waals surface area contributed by atoms with E-state index in [1.165, 1.54) is 5.56 Å². The van der Waals surface area contributed by atoms with Crippen LogP contribution in [0.5, 0.6) is 0 Å². The van der Waals surface area contributed by atoms with Gasteiger partial charge in [-0.05, 0) is 40.8 Å². The number of benzene rings is 2. The maximum atomic E-state index is 6.25. The second-order valence-corrected chi connectivity index (χ2v) is 5.93. The van der Waals surface area contributed by atoms with Crippen molar-refractivity contribution in [3.8, 4) is 0 Å². The van der Waals surface area contributed by atoms with Crippen molar-refractivity contribution in [2.75, 3.05) is 0 Å². The molecule has 4 heteroatoms. The molecule has 2 rings (SSSR count). The first-order valence-corrected chi connectivity index (χ1v) is 7.29. The van der Waals surface area contributed by atoms with Gasteiger partial charge in [-0.25, -0.2) is 5.43 Å². The number of halogens is 2. The average molecular weight is 309 g/mol. The first kappa shape index (κ1) is 15.3. The molecular weight excluding hydrogens is 291 g/mol. The van der Waals surface area contributed by atoms with Gasteiger partial charge in [-0.15, -0.1) is 0 Å². The largest absolute Gasteiger partial charge is 0.271 e. The minimum Gasteiger partial charge on any atom is -0.271 e. The summed E-state index contributed by atoms with van der Waals surface area (Å²) in [4.78, 5) is 0. The van der Waals surface area contributed by atoms with Gasteiger partial charge in [0.1, 0.15) is 0 Å². The van der Waals surface area contributed by atoms with Gasteiger partial charge in [0.05, 0.1) is 6.04 Å². The van der Waals surface area contributed by atoms with Gasteiger partial charge in [0.25, 0.3) is 0 Å². The second-order valence-electron chi connectivity index (χ2n) is 5.09. The molecule has 0 saturated carbocycles. The molecule has 0 amide bonds. The van der Waals surface area contributed by atoms with Crippen LogP contribution in [0.3, 0.4) is 0 Å². The molecule has 0 aliphatic carbocycles. The maximum Gasteiger partial charge on any atom is 0.0725 e. The fourth-order valence-corrected chi connectivity index (χ4v) is 2.58. The van der Waals surface area contributed by atoms with Crippen LogP contribution >= 0.6 is 23.2 Å². The Balaban J connectivity index is 2.39. The summed E-state index contributed by atoms with van der Waals surface area (Å²) in [6, 6.07) is 13.6. The topological polar surface area (TPSA) is 38.0 Å².